The Hall–Kier alpha value is -0.970. The normalized spacial score (nSPS) is 33.7. The summed E-state index contributed by atoms with van der Waals surface area (Å²) in [6.45, 7) is 3.90. The molecule has 126 valence electrons. The molecule has 1 aromatic rings. The first kappa shape index (κ1) is 15.6. The van der Waals surface area contributed by atoms with E-state index in [0.717, 1.165) is 24.9 Å². The fraction of sp³-hybridized carbons (Fsp3) is 0.737. The van der Waals surface area contributed by atoms with Crippen molar-refractivity contribution in [3.05, 3.63) is 30.1 Å². The summed E-state index contributed by atoms with van der Waals surface area (Å²) in [5.74, 6) is 0.981. The molecule has 0 aromatic carbocycles. The summed E-state index contributed by atoms with van der Waals surface area (Å²) in [5, 5.41) is 11.5. The Morgan fingerprint density at radius 1 is 1.22 bits per heavy atom. The van der Waals surface area contributed by atoms with E-state index in [2.05, 4.69) is 9.88 Å². The monoisotopic (exact) mass is 316 g/mol. The third-order valence-corrected chi connectivity index (χ3v) is 6.31. The minimum absolute atomic E-state index is 0.294. The van der Waals surface area contributed by atoms with Crippen molar-refractivity contribution in [2.75, 3.05) is 26.2 Å². The minimum atomic E-state index is -0.878. The lowest BCUT2D eigenvalue weighted by molar-refractivity contribution is -0.143. The second-order valence-corrected chi connectivity index (χ2v) is 7.63. The predicted molar refractivity (Wildman–Crippen MR) is 89.0 cm³/mol. The molecule has 0 unspecified atom stereocenters. The van der Waals surface area contributed by atoms with Crippen LogP contribution < -0.4 is 0 Å². The average Bonchev–Trinajstić information content (AvgIpc) is 3.17. The van der Waals surface area contributed by atoms with Crippen LogP contribution in [0.5, 0.6) is 0 Å². The zero-order valence-electron chi connectivity index (χ0n) is 13.9. The van der Waals surface area contributed by atoms with Crippen LogP contribution in [0.1, 0.15) is 44.1 Å². The van der Waals surface area contributed by atoms with Crippen LogP contribution in [0.15, 0.2) is 24.5 Å². The predicted octanol–water partition coefficient (Wildman–Crippen LogP) is 2.57. The van der Waals surface area contributed by atoms with E-state index >= 15 is 0 Å². The van der Waals surface area contributed by atoms with E-state index in [4.69, 9.17) is 4.74 Å². The average molecular weight is 316 g/mol. The van der Waals surface area contributed by atoms with Gasteiger partial charge in [0.25, 0.3) is 0 Å². The van der Waals surface area contributed by atoms with Crippen molar-refractivity contribution in [1.82, 2.24) is 9.88 Å². The van der Waals surface area contributed by atoms with E-state index in [-0.39, 0.29) is 0 Å². The summed E-state index contributed by atoms with van der Waals surface area (Å²) >= 11 is 0. The Bertz CT molecular complexity index is 509. The molecule has 5 rings (SSSR count). The first-order valence-electron chi connectivity index (χ1n) is 9.22. The molecule has 1 N–H and O–H groups in total. The molecular formula is C19H28N2O2. The van der Waals surface area contributed by atoms with E-state index in [0.29, 0.717) is 24.5 Å². The first-order chi connectivity index (χ1) is 11.3. The minimum Gasteiger partial charge on any atom is -0.382 e. The number of pyridine rings is 1. The van der Waals surface area contributed by atoms with Gasteiger partial charge in [0.1, 0.15) is 5.60 Å². The number of nitrogens with zero attached hydrogens (tertiary/aromatic N) is 2. The van der Waals surface area contributed by atoms with Crippen LogP contribution in [0.3, 0.4) is 0 Å². The van der Waals surface area contributed by atoms with Crippen LogP contribution in [0.4, 0.5) is 0 Å². The van der Waals surface area contributed by atoms with Gasteiger partial charge >= 0.3 is 0 Å². The van der Waals surface area contributed by atoms with Gasteiger partial charge in [-0.15, -0.1) is 0 Å². The summed E-state index contributed by atoms with van der Waals surface area (Å²) in [6, 6.07) is 3.93. The Kier molecular flexibility index (Phi) is 4.39. The molecule has 0 amide bonds. The summed E-state index contributed by atoms with van der Waals surface area (Å²) in [7, 11) is 0. The van der Waals surface area contributed by atoms with E-state index in [9.17, 15) is 5.11 Å². The summed E-state index contributed by atoms with van der Waals surface area (Å²) in [6.07, 6.45) is 11.0. The third-order valence-electron chi connectivity index (χ3n) is 6.31. The third kappa shape index (κ3) is 3.04. The van der Waals surface area contributed by atoms with Gasteiger partial charge in [-0.3, -0.25) is 4.98 Å². The molecule has 2 bridgehead atoms. The van der Waals surface area contributed by atoms with Gasteiger partial charge in [-0.2, -0.15) is 0 Å². The molecule has 1 saturated carbocycles. The number of piperidine rings is 3. The Morgan fingerprint density at radius 2 is 2.00 bits per heavy atom. The molecule has 4 heteroatoms. The van der Waals surface area contributed by atoms with Gasteiger partial charge in [-0.25, -0.2) is 0 Å². The van der Waals surface area contributed by atoms with Crippen molar-refractivity contribution in [3.8, 4) is 0 Å². The smallest absolute Gasteiger partial charge is 0.117 e. The van der Waals surface area contributed by atoms with E-state index in [1.54, 1.807) is 6.20 Å². The van der Waals surface area contributed by atoms with Crippen molar-refractivity contribution in [3.63, 3.8) is 0 Å². The Balaban J connectivity index is 1.49. The number of rotatable bonds is 5. The van der Waals surface area contributed by atoms with Crippen LogP contribution in [-0.2, 0) is 10.3 Å². The van der Waals surface area contributed by atoms with Crippen molar-refractivity contribution in [2.24, 2.45) is 11.8 Å². The van der Waals surface area contributed by atoms with E-state index in [1.165, 1.54) is 38.8 Å². The van der Waals surface area contributed by atoms with Crippen molar-refractivity contribution < 1.29 is 9.84 Å². The molecule has 4 aliphatic rings. The lowest BCUT2D eigenvalue weighted by Crippen LogP contribution is -2.53. The highest BCUT2D eigenvalue weighted by molar-refractivity contribution is 5.20. The second kappa shape index (κ2) is 6.50. The Morgan fingerprint density at radius 3 is 2.61 bits per heavy atom. The molecule has 3 saturated heterocycles. The second-order valence-electron chi connectivity index (χ2n) is 7.63. The first-order valence-corrected chi connectivity index (χ1v) is 9.22. The van der Waals surface area contributed by atoms with Gasteiger partial charge in [-0.05, 0) is 56.7 Å². The zero-order valence-corrected chi connectivity index (χ0v) is 13.9. The van der Waals surface area contributed by atoms with Crippen molar-refractivity contribution in [1.29, 1.82) is 0 Å². The molecule has 3 aliphatic heterocycles. The van der Waals surface area contributed by atoms with Gasteiger partial charge < -0.3 is 14.7 Å². The van der Waals surface area contributed by atoms with Gasteiger partial charge in [0.15, 0.2) is 0 Å². The van der Waals surface area contributed by atoms with Crippen LogP contribution in [0, 0.1) is 11.8 Å². The molecule has 0 spiro atoms. The van der Waals surface area contributed by atoms with Crippen LogP contribution in [-0.4, -0.2) is 47.3 Å². The molecule has 4 nitrogen and oxygen atoms in total. The lowest BCUT2D eigenvalue weighted by Gasteiger charge is -2.45. The van der Waals surface area contributed by atoms with Crippen molar-refractivity contribution >= 4 is 0 Å². The van der Waals surface area contributed by atoms with E-state index < -0.39 is 5.60 Å². The fourth-order valence-corrected chi connectivity index (χ4v) is 4.79. The highest BCUT2D eigenvalue weighted by Gasteiger charge is 2.42. The quantitative estimate of drug-likeness (QED) is 0.907. The standard InChI is InChI=1S/C19H28N2O2/c22-19(16-4-1-2-5-16,17-6-3-9-20-12-17)14-23-18-13-21-10-7-15(18)8-11-21/h3,6,9,12,15-16,18,22H,1-2,4-5,7-8,10-11,13-14H2/t18-,19+/m0/s1. The SMILES string of the molecule is O[C@@](CO[C@H]1CN2CCC1CC2)(c1cccnc1)C1CCCC1. The molecule has 1 aliphatic carbocycles. The van der Waals surface area contributed by atoms with Crippen molar-refractivity contribution in [2.45, 2.75) is 50.2 Å². The molecule has 4 fully saturated rings. The molecule has 23 heavy (non-hydrogen) atoms. The van der Waals surface area contributed by atoms with Gasteiger partial charge in [0, 0.05) is 24.5 Å². The Labute approximate surface area is 138 Å². The molecule has 2 atom stereocenters. The maximum Gasteiger partial charge on any atom is 0.117 e. The number of aromatic nitrogens is 1. The maximum atomic E-state index is 11.5. The number of ether oxygens (including phenoxy) is 1. The summed E-state index contributed by atoms with van der Waals surface area (Å²) < 4.78 is 6.33. The highest BCUT2D eigenvalue weighted by Crippen LogP contribution is 2.41. The van der Waals surface area contributed by atoms with Crippen LogP contribution >= 0.6 is 0 Å². The molecule has 4 heterocycles. The molecule has 1 aromatic heterocycles. The molecule has 0 radical (unpaired) electrons. The summed E-state index contributed by atoms with van der Waals surface area (Å²) in [4.78, 5) is 6.73. The molecular weight excluding hydrogens is 288 g/mol. The fourth-order valence-electron chi connectivity index (χ4n) is 4.79. The zero-order chi connectivity index (χ0) is 15.7. The number of aliphatic hydroxyl groups is 1. The van der Waals surface area contributed by atoms with Crippen LogP contribution in [0.2, 0.25) is 0 Å². The number of fused-ring (bicyclic) bond motifs is 3. The van der Waals surface area contributed by atoms with E-state index in [1.807, 2.05) is 18.3 Å². The highest BCUT2D eigenvalue weighted by atomic mass is 16.5. The van der Waals surface area contributed by atoms with Gasteiger partial charge in [0.05, 0.1) is 12.7 Å². The lowest BCUT2D eigenvalue weighted by atomic mass is 9.81. The topological polar surface area (TPSA) is 45.6 Å². The number of hydrogen-bond acceptors (Lipinski definition) is 4. The van der Waals surface area contributed by atoms with Gasteiger partial charge in [-0.1, -0.05) is 18.9 Å². The van der Waals surface area contributed by atoms with Crippen LogP contribution in [0.25, 0.3) is 0 Å². The summed E-state index contributed by atoms with van der Waals surface area (Å²) in [5.41, 5.74) is 0.0460. The number of hydrogen-bond donors (Lipinski definition) is 1. The largest absolute Gasteiger partial charge is 0.382 e. The van der Waals surface area contributed by atoms with Gasteiger partial charge in [0.2, 0.25) is 0 Å². The maximum absolute atomic E-state index is 11.5.